The Hall–Kier alpha value is -3.35. The molecule has 0 unspecified atom stereocenters. The molecule has 3 rings (SSSR count). The lowest BCUT2D eigenvalue weighted by Gasteiger charge is -2.19. The predicted molar refractivity (Wildman–Crippen MR) is 107 cm³/mol. The summed E-state index contributed by atoms with van der Waals surface area (Å²) in [5.74, 6) is -1.07. The van der Waals surface area contributed by atoms with Crippen LogP contribution in [-0.4, -0.2) is 50.0 Å². The summed E-state index contributed by atoms with van der Waals surface area (Å²) in [6.07, 6.45) is 0.0466. The number of hydrogen-bond acceptors (Lipinski definition) is 5. The summed E-state index contributed by atoms with van der Waals surface area (Å²) < 4.78 is 10.5. The molecule has 1 heterocycles. The van der Waals surface area contributed by atoms with E-state index in [-0.39, 0.29) is 31.4 Å². The van der Waals surface area contributed by atoms with Gasteiger partial charge in [-0.25, -0.2) is 0 Å². The number of esters is 1. The number of carbonyl (C=O) groups excluding carboxylic acids is 3. The Morgan fingerprint density at radius 1 is 1.10 bits per heavy atom. The molecule has 152 valence electrons. The van der Waals surface area contributed by atoms with Crippen molar-refractivity contribution in [2.24, 2.45) is 5.92 Å². The van der Waals surface area contributed by atoms with Crippen molar-refractivity contribution in [3.8, 4) is 5.75 Å². The second-order valence-electron chi connectivity index (χ2n) is 6.92. The largest absolute Gasteiger partial charge is 0.495 e. The molecular weight excluding hydrogens is 372 g/mol. The van der Waals surface area contributed by atoms with Crippen LogP contribution in [0.4, 0.5) is 5.69 Å². The number of amides is 2. The summed E-state index contributed by atoms with van der Waals surface area (Å²) in [6.45, 7) is 0.286. The van der Waals surface area contributed by atoms with Crippen molar-refractivity contribution in [3.05, 3.63) is 60.2 Å². The Morgan fingerprint density at radius 2 is 1.79 bits per heavy atom. The molecule has 0 aromatic heterocycles. The molecule has 2 aromatic carbocycles. The van der Waals surface area contributed by atoms with Gasteiger partial charge in [0.15, 0.2) is 6.61 Å². The maximum Gasteiger partial charge on any atom is 0.311 e. The average molecular weight is 396 g/mol. The summed E-state index contributed by atoms with van der Waals surface area (Å²) in [4.78, 5) is 40.1. The number of benzene rings is 2. The molecule has 0 spiro atoms. The van der Waals surface area contributed by atoms with E-state index in [4.69, 9.17) is 9.47 Å². The van der Waals surface area contributed by atoms with Gasteiger partial charge in [-0.2, -0.15) is 0 Å². The van der Waals surface area contributed by atoms with Gasteiger partial charge in [0.2, 0.25) is 5.91 Å². The van der Waals surface area contributed by atoms with E-state index in [9.17, 15) is 14.4 Å². The van der Waals surface area contributed by atoms with Crippen LogP contribution in [0.25, 0.3) is 0 Å². The Morgan fingerprint density at radius 3 is 2.52 bits per heavy atom. The number of nitrogens with zero attached hydrogens (tertiary/aromatic N) is 2. The highest BCUT2D eigenvalue weighted by atomic mass is 16.5. The Labute approximate surface area is 169 Å². The first-order valence-electron chi connectivity index (χ1n) is 9.37. The minimum Gasteiger partial charge on any atom is -0.495 e. The molecule has 1 aliphatic heterocycles. The van der Waals surface area contributed by atoms with Crippen LogP contribution in [0, 0.1) is 5.92 Å². The molecule has 1 aliphatic rings. The third kappa shape index (κ3) is 4.93. The van der Waals surface area contributed by atoms with Gasteiger partial charge in [-0.05, 0) is 17.7 Å². The molecule has 1 fully saturated rings. The number of para-hydroxylation sites is 2. The summed E-state index contributed by atoms with van der Waals surface area (Å²) in [7, 11) is 3.19. The van der Waals surface area contributed by atoms with E-state index in [0.717, 1.165) is 5.56 Å². The highest BCUT2D eigenvalue weighted by molar-refractivity contribution is 6.00. The fraction of sp³-hybridized carbons (Fsp3) is 0.318. The zero-order valence-electron chi connectivity index (χ0n) is 16.5. The number of hydrogen-bond donors (Lipinski definition) is 0. The van der Waals surface area contributed by atoms with Crippen molar-refractivity contribution in [3.63, 3.8) is 0 Å². The second-order valence-corrected chi connectivity index (χ2v) is 6.92. The number of anilines is 1. The lowest BCUT2D eigenvalue weighted by atomic mass is 10.1. The van der Waals surface area contributed by atoms with Gasteiger partial charge >= 0.3 is 5.97 Å². The van der Waals surface area contributed by atoms with Crippen molar-refractivity contribution in [1.82, 2.24) is 4.90 Å². The fourth-order valence-electron chi connectivity index (χ4n) is 3.26. The van der Waals surface area contributed by atoms with E-state index < -0.39 is 11.9 Å². The topological polar surface area (TPSA) is 76.2 Å². The molecule has 0 radical (unpaired) electrons. The van der Waals surface area contributed by atoms with Crippen LogP contribution in [0.5, 0.6) is 5.75 Å². The lowest BCUT2D eigenvalue weighted by molar-refractivity contribution is -0.155. The molecule has 1 saturated heterocycles. The SMILES string of the molecule is COc1ccccc1N1C[C@H](C(=O)OCC(=O)N(C)Cc2ccccc2)CC1=O. The van der Waals surface area contributed by atoms with E-state index in [1.165, 1.54) is 16.9 Å². The van der Waals surface area contributed by atoms with Crippen LogP contribution < -0.4 is 9.64 Å². The van der Waals surface area contributed by atoms with E-state index >= 15 is 0 Å². The minimum atomic E-state index is -0.611. The van der Waals surface area contributed by atoms with Crippen molar-refractivity contribution in [2.45, 2.75) is 13.0 Å². The molecule has 0 N–H and O–H groups in total. The highest BCUT2D eigenvalue weighted by Crippen LogP contribution is 2.33. The number of rotatable bonds is 7. The number of likely N-dealkylation sites (N-methyl/N-ethyl adjacent to an activating group) is 1. The van der Waals surface area contributed by atoms with Gasteiger partial charge in [0, 0.05) is 26.6 Å². The summed E-state index contributed by atoms with van der Waals surface area (Å²) in [5, 5.41) is 0. The monoisotopic (exact) mass is 396 g/mol. The van der Waals surface area contributed by atoms with Crippen LogP contribution in [0.15, 0.2) is 54.6 Å². The van der Waals surface area contributed by atoms with Crippen LogP contribution >= 0.6 is 0 Å². The minimum absolute atomic E-state index is 0.0466. The van der Waals surface area contributed by atoms with Gasteiger partial charge in [0.05, 0.1) is 18.7 Å². The van der Waals surface area contributed by atoms with Crippen molar-refractivity contribution in [2.75, 3.05) is 32.2 Å². The fourth-order valence-corrected chi connectivity index (χ4v) is 3.26. The highest BCUT2D eigenvalue weighted by Gasteiger charge is 2.37. The van der Waals surface area contributed by atoms with Crippen LogP contribution in [0.1, 0.15) is 12.0 Å². The zero-order chi connectivity index (χ0) is 20.8. The molecule has 0 bridgehead atoms. The van der Waals surface area contributed by atoms with Crippen molar-refractivity contribution >= 4 is 23.5 Å². The number of carbonyl (C=O) groups is 3. The first kappa shape index (κ1) is 20.4. The Balaban J connectivity index is 1.53. The summed E-state index contributed by atoms with van der Waals surface area (Å²) >= 11 is 0. The second kappa shape index (κ2) is 9.23. The Bertz CT molecular complexity index is 884. The van der Waals surface area contributed by atoms with Crippen molar-refractivity contribution in [1.29, 1.82) is 0 Å². The maximum atomic E-state index is 12.4. The number of ether oxygens (including phenoxy) is 2. The van der Waals surface area contributed by atoms with Crippen LogP contribution in [0.2, 0.25) is 0 Å². The van der Waals surface area contributed by atoms with Gasteiger partial charge in [-0.15, -0.1) is 0 Å². The predicted octanol–water partition coefficient (Wildman–Crippen LogP) is 2.25. The van der Waals surface area contributed by atoms with E-state index in [1.807, 2.05) is 36.4 Å². The molecule has 7 nitrogen and oxygen atoms in total. The molecule has 0 saturated carbocycles. The molecule has 0 aliphatic carbocycles. The first-order chi connectivity index (χ1) is 14.0. The third-order valence-electron chi connectivity index (χ3n) is 4.86. The van der Waals surface area contributed by atoms with Gasteiger partial charge in [-0.1, -0.05) is 42.5 Å². The van der Waals surface area contributed by atoms with Gasteiger partial charge in [0.25, 0.3) is 5.91 Å². The first-order valence-corrected chi connectivity index (χ1v) is 9.37. The van der Waals surface area contributed by atoms with E-state index in [0.29, 0.717) is 18.0 Å². The van der Waals surface area contributed by atoms with Gasteiger partial charge in [-0.3, -0.25) is 14.4 Å². The van der Waals surface area contributed by atoms with E-state index in [2.05, 4.69) is 0 Å². The average Bonchev–Trinajstić information content (AvgIpc) is 3.13. The zero-order valence-corrected chi connectivity index (χ0v) is 16.5. The van der Waals surface area contributed by atoms with Gasteiger partial charge < -0.3 is 19.3 Å². The molecule has 29 heavy (non-hydrogen) atoms. The summed E-state index contributed by atoms with van der Waals surface area (Å²) in [6, 6.07) is 16.7. The van der Waals surface area contributed by atoms with Crippen LogP contribution in [-0.2, 0) is 25.7 Å². The molecule has 1 atom stereocenters. The Kier molecular flexibility index (Phi) is 6.49. The third-order valence-corrected chi connectivity index (χ3v) is 4.86. The van der Waals surface area contributed by atoms with Crippen molar-refractivity contribution < 1.29 is 23.9 Å². The number of methoxy groups -OCH3 is 1. The maximum absolute atomic E-state index is 12.4. The molecular formula is C22H24N2O5. The lowest BCUT2D eigenvalue weighted by Crippen LogP contribution is -2.32. The van der Waals surface area contributed by atoms with E-state index in [1.54, 1.807) is 25.2 Å². The molecule has 7 heteroatoms. The normalized spacial score (nSPS) is 15.9. The van der Waals surface area contributed by atoms with Crippen LogP contribution in [0.3, 0.4) is 0 Å². The van der Waals surface area contributed by atoms with Gasteiger partial charge in [0.1, 0.15) is 5.75 Å². The molecule has 2 amide bonds. The standard InChI is InChI=1S/C22H24N2O5/c1-23(13-16-8-4-3-5-9-16)21(26)15-29-22(27)17-12-20(25)24(14-17)18-10-6-7-11-19(18)28-2/h3-11,17H,12-15H2,1-2H3/t17-/m1/s1. The molecule has 2 aromatic rings. The quantitative estimate of drug-likeness (QED) is 0.671. The smallest absolute Gasteiger partial charge is 0.311 e. The summed E-state index contributed by atoms with van der Waals surface area (Å²) in [5.41, 5.74) is 1.61.